The first kappa shape index (κ1) is 15.5. The SMILES string of the molecule is Oc1cccc(-c2ccc(-n3ncc4c(Cl)c(F)c(O)cc43)cc2)c1. The van der Waals surface area contributed by atoms with Gasteiger partial charge in [-0.15, -0.1) is 0 Å². The molecule has 0 saturated heterocycles. The topological polar surface area (TPSA) is 58.3 Å². The van der Waals surface area contributed by atoms with Gasteiger partial charge in [-0.05, 0) is 35.4 Å². The number of hydrogen-bond acceptors (Lipinski definition) is 3. The standard InChI is InChI=1S/C19H12ClFN2O2/c20-18-15-10-22-23(16(15)9-17(25)19(18)21)13-6-4-11(5-7-13)12-2-1-3-14(24)8-12/h1-10,24-25H. The van der Waals surface area contributed by atoms with Crippen LogP contribution in [0.2, 0.25) is 5.02 Å². The number of nitrogens with zero attached hydrogens (tertiary/aromatic N) is 2. The molecule has 0 saturated carbocycles. The van der Waals surface area contributed by atoms with Crippen molar-refractivity contribution < 1.29 is 14.6 Å². The average molecular weight is 355 g/mol. The van der Waals surface area contributed by atoms with Gasteiger partial charge < -0.3 is 10.2 Å². The molecule has 0 unspecified atom stereocenters. The Hall–Kier alpha value is -3.05. The van der Waals surface area contributed by atoms with E-state index >= 15 is 0 Å². The van der Waals surface area contributed by atoms with Crippen LogP contribution in [0.4, 0.5) is 4.39 Å². The Kier molecular flexibility index (Phi) is 3.58. The molecule has 0 aliphatic heterocycles. The Morgan fingerprint density at radius 1 is 0.960 bits per heavy atom. The van der Waals surface area contributed by atoms with Crippen LogP contribution in [0, 0.1) is 5.82 Å². The maximum absolute atomic E-state index is 13.7. The molecule has 3 aromatic carbocycles. The first-order chi connectivity index (χ1) is 12.0. The molecule has 2 N–H and O–H groups in total. The summed E-state index contributed by atoms with van der Waals surface area (Å²) in [6.45, 7) is 0. The van der Waals surface area contributed by atoms with Gasteiger partial charge in [0, 0.05) is 11.5 Å². The summed E-state index contributed by atoms with van der Waals surface area (Å²) in [5.41, 5.74) is 3.07. The molecule has 4 rings (SSSR count). The molecule has 0 bridgehead atoms. The van der Waals surface area contributed by atoms with Crippen LogP contribution in [0.3, 0.4) is 0 Å². The van der Waals surface area contributed by atoms with Gasteiger partial charge in [0.1, 0.15) is 5.75 Å². The highest BCUT2D eigenvalue weighted by Crippen LogP contribution is 2.34. The molecular weight excluding hydrogens is 343 g/mol. The fourth-order valence-electron chi connectivity index (χ4n) is 2.78. The minimum atomic E-state index is -0.854. The first-order valence-electron chi connectivity index (χ1n) is 7.49. The lowest BCUT2D eigenvalue weighted by Gasteiger charge is -2.07. The van der Waals surface area contributed by atoms with E-state index in [-0.39, 0.29) is 10.8 Å². The molecule has 0 radical (unpaired) electrons. The van der Waals surface area contributed by atoms with Gasteiger partial charge in [-0.1, -0.05) is 35.9 Å². The number of aromatic hydroxyl groups is 2. The van der Waals surface area contributed by atoms with E-state index in [4.69, 9.17) is 11.6 Å². The van der Waals surface area contributed by atoms with E-state index < -0.39 is 11.6 Å². The number of fused-ring (bicyclic) bond motifs is 1. The maximum atomic E-state index is 13.7. The van der Waals surface area contributed by atoms with Crippen molar-refractivity contribution in [1.29, 1.82) is 0 Å². The Balaban J connectivity index is 1.80. The molecule has 0 aliphatic carbocycles. The first-order valence-corrected chi connectivity index (χ1v) is 7.87. The van der Waals surface area contributed by atoms with Crippen LogP contribution in [0.1, 0.15) is 0 Å². The third-order valence-corrected chi connectivity index (χ3v) is 4.39. The largest absolute Gasteiger partial charge is 0.508 e. The van der Waals surface area contributed by atoms with Crippen LogP contribution in [0.25, 0.3) is 27.7 Å². The van der Waals surface area contributed by atoms with Crippen LogP contribution in [-0.2, 0) is 0 Å². The van der Waals surface area contributed by atoms with E-state index in [9.17, 15) is 14.6 Å². The maximum Gasteiger partial charge on any atom is 0.184 e. The van der Waals surface area contributed by atoms with Crippen LogP contribution in [0.5, 0.6) is 11.5 Å². The highest BCUT2D eigenvalue weighted by Gasteiger charge is 2.15. The molecular formula is C19H12ClFN2O2. The highest BCUT2D eigenvalue weighted by atomic mass is 35.5. The van der Waals surface area contributed by atoms with Gasteiger partial charge in [0.15, 0.2) is 11.6 Å². The van der Waals surface area contributed by atoms with Crippen LogP contribution in [-0.4, -0.2) is 20.0 Å². The third-order valence-electron chi connectivity index (χ3n) is 4.03. The Bertz CT molecular complexity index is 1090. The lowest BCUT2D eigenvalue weighted by molar-refractivity contribution is 0.433. The summed E-state index contributed by atoms with van der Waals surface area (Å²) in [7, 11) is 0. The van der Waals surface area contributed by atoms with Gasteiger partial charge in [-0.2, -0.15) is 5.10 Å². The van der Waals surface area contributed by atoms with Crippen LogP contribution < -0.4 is 0 Å². The fraction of sp³-hybridized carbons (Fsp3) is 0. The highest BCUT2D eigenvalue weighted by molar-refractivity contribution is 6.35. The Labute approximate surface area is 147 Å². The molecule has 0 aliphatic rings. The van der Waals surface area contributed by atoms with Crippen molar-refractivity contribution in [2.24, 2.45) is 0 Å². The van der Waals surface area contributed by atoms with Gasteiger partial charge >= 0.3 is 0 Å². The average Bonchev–Trinajstić information content (AvgIpc) is 3.04. The summed E-state index contributed by atoms with van der Waals surface area (Å²) in [6.07, 6.45) is 1.46. The minimum absolute atomic E-state index is 0.155. The molecule has 4 aromatic rings. The molecule has 6 heteroatoms. The second-order valence-electron chi connectivity index (χ2n) is 5.61. The number of aromatic nitrogens is 2. The fourth-order valence-corrected chi connectivity index (χ4v) is 3.02. The van der Waals surface area contributed by atoms with Gasteiger partial charge in [0.2, 0.25) is 0 Å². The van der Waals surface area contributed by atoms with E-state index in [1.165, 1.54) is 12.3 Å². The molecule has 1 aromatic heterocycles. The van der Waals surface area contributed by atoms with E-state index in [2.05, 4.69) is 5.10 Å². The predicted molar refractivity (Wildman–Crippen MR) is 94.8 cm³/mol. The van der Waals surface area contributed by atoms with Crippen molar-refractivity contribution in [3.8, 4) is 28.3 Å². The summed E-state index contributed by atoms with van der Waals surface area (Å²) >= 11 is 5.94. The summed E-state index contributed by atoms with van der Waals surface area (Å²) in [5, 5.41) is 23.8. The Morgan fingerprint density at radius 3 is 2.44 bits per heavy atom. The van der Waals surface area contributed by atoms with Crippen LogP contribution >= 0.6 is 11.6 Å². The second-order valence-corrected chi connectivity index (χ2v) is 5.99. The zero-order chi connectivity index (χ0) is 17.6. The van der Waals surface area contributed by atoms with E-state index in [0.717, 1.165) is 16.8 Å². The molecule has 0 fully saturated rings. The van der Waals surface area contributed by atoms with Gasteiger partial charge in [-0.3, -0.25) is 0 Å². The molecule has 1 heterocycles. The molecule has 0 spiro atoms. The lowest BCUT2D eigenvalue weighted by atomic mass is 10.1. The summed E-state index contributed by atoms with van der Waals surface area (Å²) in [4.78, 5) is 0. The molecule has 124 valence electrons. The number of hydrogen-bond donors (Lipinski definition) is 2. The number of phenolic OH excluding ortho intramolecular Hbond substituents is 2. The zero-order valence-electron chi connectivity index (χ0n) is 12.8. The molecule has 25 heavy (non-hydrogen) atoms. The van der Waals surface area contributed by atoms with E-state index in [1.807, 2.05) is 30.3 Å². The molecule has 0 amide bonds. The molecule has 0 atom stereocenters. The van der Waals surface area contributed by atoms with Crippen molar-refractivity contribution in [2.45, 2.75) is 0 Å². The summed E-state index contributed by atoms with van der Waals surface area (Å²) in [5.74, 6) is -1.17. The van der Waals surface area contributed by atoms with Crippen LogP contribution in [0.15, 0.2) is 60.8 Å². The van der Waals surface area contributed by atoms with Crippen molar-refractivity contribution >= 4 is 22.5 Å². The monoisotopic (exact) mass is 354 g/mol. The Morgan fingerprint density at radius 2 is 1.72 bits per heavy atom. The third kappa shape index (κ3) is 2.58. The summed E-state index contributed by atoms with van der Waals surface area (Å²) < 4.78 is 15.3. The smallest absolute Gasteiger partial charge is 0.184 e. The second kappa shape index (κ2) is 5.79. The lowest BCUT2D eigenvalue weighted by Crippen LogP contribution is -1.96. The number of rotatable bonds is 2. The van der Waals surface area contributed by atoms with Gasteiger partial charge in [0.05, 0.1) is 22.4 Å². The number of halogens is 2. The van der Waals surface area contributed by atoms with E-state index in [0.29, 0.717) is 10.9 Å². The molecule has 4 nitrogen and oxygen atoms in total. The van der Waals surface area contributed by atoms with Crippen molar-refractivity contribution in [3.63, 3.8) is 0 Å². The summed E-state index contributed by atoms with van der Waals surface area (Å²) in [6, 6.07) is 15.7. The number of benzene rings is 3. The van der Waals surface area contributed by atoms with Crippen molar-refractivity contribution in [2.75, 3.05) is 0 Å². The zero-order valence-corrected chi connectivity index (χ0v) is 13.6. The normalized spacial score (nSPS) is 11.1. The number of phenols is 2. The quantitative estimate of drug-likeness (QED) is 0.538. The van der Waals surface area contributed by atoms with Gasteiger partial charge in [-0.25, -0.2) is 9.07 Å². The van der Waals surface area contributed by atoms with Gasteiger partial charge in [0.25, 0.3) is 0 Å². The predicted octanol–water partition coefficient (Wildman–Crippen LogP) is 4.90. The van der Waals surface area contributed by atoms with Crippen molar-refractivity contribution in [1.82, 2.24) is 9.78 Å². The van der Waals surface area contributed by atoms with E-state index in [1.54, 1.807) is 22.9 Å². The van der Waals surface area contributed by atoms with Crippen molar-refractivity contribution in [3.05, 3.63) is 71.6 Å². The minimum Gasteiger partial charge on any atom is -0.508 e.